The van der Waals surface area contributed by atoms with Crippen molar-refractivity contribution in [2.24, 2.45) is 16.6 Å². The molecule has 5 nitrogen and oxygen atoms in total. The van der Waals surface area contributed by atoms with Gasteiger partial charge in [0, 0.05) is 26.1 Å². The molecule has 0 saturated carbocycles. The zero-order valence-electron chi connectivity index (χ0n) is 11.9. The van der Waals surface area contributed by atoms with E-state index in [4.69, 9.17) is 15.2 Å². The van der Waals surface area contributed by atoms with Crippen molar-refractivity contribution in [3.8, 4) is 0 Å². The molecule has 1 unspecified atom stereocenters. The molecule has 19 heavy (non-hydrogen) atoms. The highest BCUT2D eigenvalue weighted by Crippen LogP contribution is 2.22. The first-order valence-corrected chi connectivity index (χ1v) is 6.92. The number of hydrogen-bond acceptors (Lipinski definition) is 3. The first kappa shape index (κ1) is 17.0. The van der Waals surface area contributed by atoms with E-state index in [9.17, 15) is 0 Å². The Bertz CT molecular complexity index is 306. The number of rotatable bonds is 3. The Morgan fingerprint density at radius 2 is 2.11 bits per heavy atom. The third-order valence-corrected chi connectivity index (χ3v) is 3.72. The van der Waals surface area contributed by atoms with Gasteiger partial charge in [0.05, 0.1) is 13.2 Å². The van der Waals surface area contributed by atoms with Crippen LogP contribution in [0.25, 0.3) is 0 Å². The van der Waals surface area contributed by atoms with Crippen LogP contribution in [-0.4, -0.2) is 49.5 Å². The molecule has 0 bridgehead atoms. The van der Waals surface area contributed by atoms with Crippen LogP contribution >= 0.6 is 24.0 Å². The van der Waals surface area contributed by atoms with Gasteiger partial charge in [-0.05, 0) is 25.7 Å². The summed E-state index contributed by atoms with van der Waals surface area (Å²) in [4.78, 5) is 6.64. The van der Waals surface area contributed by atoms with Gasteiger partial charge in [0.2, 0.25) is 0 Å². The van der Waals surface area contributed by atoms with Crippen LogP contribution in [0.15, 0.2) is 4.99 Å². The molecule has 0 spiro atoms. The molecule has 2 fully saturated rings. The second kappa shape index (κ2) is 7.64. The van der Waals surface area contributed by atoms with Crippen LogP contribution in [0.2, 0.25) is 0 Å². The molecule has 2 aliphatic heterocycles. The van der Waals surface area contributed by atoms with Crippen molar-refractivity contribution in [2.75, 3.05) is 32.8 Å². The van der Waals surface area contributed by atoms with E-state index >= 15 is 0 Å². The van der Waals surface area contributed by atoms with Gasteiger partial charge in [-0.3, -0.25) is 4.99 Å². The number of nitrogens with two attached hydrogens (primary N) is 1. The van der Waals surface area contributed by atoms with E-state index in [0.717, 1.165) is 19.5 Å². The number of likely N-dealkylation sites (tertiary alicyclic amines) is 1. The van der Waals surface area contributed by atoms with Crippen LogP contribution in [0, 0.1) is 5.92 Å². The number of piperidine rings is 1. The zero-order chi connectivity index (χ0) is 13.0. The quantitative estimate of drug-likeness (QED) is 0.459. The molecule has 0 aromatic carbocycles. The third kappa shape index (κ3) is 5.07. The Hall–Kier alpha value is -0.0800. The van der Waals surface area contributed by atoms with Crippen molar-refractivity contribution in [2.45, 2.75) is 38.9 Å². The monoisotopic (exact) mass is 383 g/mol. The van der Waals surface area contributed by atoms with E-state index in [1.165, 1.54) is 12.8 Å². The average molecular weight is 383 g/mol. The summed E-state index contributed by atoms with van der Waals surface area (Å²) in [7, 11) is 0. The highest BCUT2D eigenvalue weighted by atomic mass is 127. The van der Waals surface area contributed by atoms with Crippen molar-refractivity contribution in [3.05, 3.63) is 0 Å². The minimum atomic E-state index is -0.459. The van der Waals surface area contributed by atoms with Crippen molar-refractivity contribution in [1.82, 2.24) is 4.90 Å². The Kier molecular flexibility index (Phi) is 6.82. The summed E-state index contributed by atoms with van der Waals surface area (Å²) in [6.07, 6.45) is 3.27. The zero-order valence-corrected chi connectivity index (χ0v) is 14.3. The molecule has 2 saturated heterocycles. The van der Waals surface area contributed by atoms with Crippen molar-refractivity contribution >= 4 is 29.9 Å². The number of nitrogens with zero attached hydrogens (tertiary/aromatic N) is 2. The highest BCUT2D eigenvalue weighted by molar-refractivity contribution is 14.0. The number of ether oxygens (including phenoxy) is 2. The summed E-state index contributed by atoms with van der Waals surface area (Å²) in [5, 5.41) is 0. The predicted octanol–water partition coefficient (Wildman–Crippen LogP) is 1.80. The van der Waals surface area contributed by atoms with Crippen LogP contribution in [0.1, 0.15) is 33.1 Å². The van der Waals surface area contributed by atoms with Gasteiger partial charge < -0.3 is 20.1 Å². The predicted molar refractivity (Wildman–Crippen MR) is 86.8 cm³/mol. The van der Waals surface area contributed by atoms with Crippen LogP contribution in [0.3, 0.4) is 0 Å². The molecule has 0 radical (unpaired) electrons. The molecule has 2 heterocycles. The van der Waals surface area contributed by atoms with Crippen molar-refractivity contribution < 1.29 is 9.47 Å². The normalized spacial score (nSPS) is 27.2. The van der Waals surface area contributed by atoms with Gasteiger partial charge in [-0.2, -0.15) is 0 Å². The van der Waals surface area contributed by atoms with E-state index in [-0.39, 0.29) is 24.0 Å². The molecule has 2 N–H and O–H groups in total. The van der Waals surface area contributed by atoms with Crippen molar-refractivity contribution in [3.63, 3.8) is 0 Å². The topological polar surface area (TPSA) is 60.1 Å². The molecule has 0 aromatic rings. The van der Waals surface area contributed by atoms with Gasteiger partial charge in [-0.1, -0.05) is 6.92 Å². The lowest BCUT2D eigenvalue weighted by Crippen LogP contribution is -2.43. The summed E-state index contributed by atoms with van der Waals surface area (Å²) in [5.41, 5.74) is 6.03. The van der Waals surface area contributed by atoms with Crippen LogP contribution < -0.4 is 5.73 Å². The fourth-order valence-electron chi connectivity index (χ4n) is 2.57. The maximum Gasteiger partial charge on any atom is 0.191 e. The number of halogens is 1. The largest absolute Gasteiger partial charge is 0.370 e. The average Bonchev–Trinajstić information content (AvgIpc) is 2.76. The van der Waals surface area contributed by atoms with Gasteiger partial charge in [-0.15, -0.1) is 24.0 Å². The first-order valence-electron chi connectivity index (χ1n) is 6.92. The fourth-order valence-corrected chi connectivity index (χ4v) is 2.57. The molecular weight excluding hydrogens is 357 g/mol. The lowest BCUT2D eigenvalue weighted by molar-refractivity contribution is -0.144. The third-order valence-electron chi connectivity index (χ3n) is 3.72. The van der Waals surface area contributed by atoms with Gasteiger partial charge in [0.25, 0.3) is 0 Å². The van der Waals surface area contributed by atoms with E-state index in [0.29, 0.717) is 31.6 Å². The van der Waals surface area contributed by atoms with E-state index < -0.39 is 5.79 Å². The maximum atomic E-state index is 6.03. The molecule has 2 rings (SSSR count). The molecule has 1 atom stereocenters. The SMILES string of the molecule is CC1CCCN(C(N)=NCCC2(C)OCCO2)C1.I. The van der Waals surface area contributed by atoms with Crippen LogP contribution in [-0.2, 0) is 9.47 Å². The van der Waals surface area contributed by atoms with Gasteiger partial charge in [0.15, 0.2) is 11.7 Å². The smallest absolute Gasteiger partial charge is 0.191 e. The van der Waals surface area contributed by atoms with Gasteiger partial charge >= 0.3 is 0 Å². The summed E-state index contributed by atoms with van der Waals surface area (Å²) in [6, 6.07) is 0. The number of guanidine groups is 1. The Balaban J connectivity index is 0.00000180. The van der Waals surface area contributed by atoms with Gasteiger partial charge in [-0.25, -0.2) is 0 Å². The Labute approximate surface area is 132 Å². The second-order valence-electron chi connectivity index (χ2n) is 5.51. The number of aliphatic imine (C=N–C) groups is 1. The standard InChI is InChI=1S/C13H25N3O2.HI/c1-11-4-3-7-16(10-11)12(14)15-6-5-13(2)17-8-9-18-13;/h11H,3-10H2,1-2H3,(H2,14,15);1H. The van der Waals surface area contributed by atoms with Gasteiger partial charge in [0.1, 0.15) is 0 Å². The Morgan fingerprint density at radius 1 is 1.42 bits per heavy atom. The molecule has 0 amide bonds. The molecule has 0 aromatic heterocycles. The molecular formula is C13H26IN3O2. The molecule has 6 heteroatoms. The number of hydrogen-bond donors (Lipinski definition) is 1. The molecule has 2 aliphatic rings. The summed E-state index contributed by atoms with van der Waals surface area (Å²) < 4.78 is 11.1. The first-order chi connectivity index (χ1) is 8.59. The maximum absolute atomic E-state index is 6.03. The lowest BCUT2D eigenvalue weighted by Gasteiger charge is -2.31. The minimum Gasteiger partial charge on any atom is -0.370 e. The van der Waals surface area contributed by atoms with Crippen molar-refractivity contribution in [1.29, 1.82) is 0 Å². The molecule has 0 aliphatic carbocycles. The summed E-state index contributed by atoms with van der Waals surface area (Å²) >= 11 is 0. The lowest BCUT2D eigenvalue weighted by atomic mass is 10.0. The summed E-state index contributed by atoms with van der Waals surface area (Å²) in [5.74, 6) is 0.925. The minimum absolute atomic E-state index is 0. The molecule has 112 valence electrons. The highest BCUT2D eigenvalue weighted by Gasteiger charge is 2.30. The second-order valence-corrected chi connectivity index (χ2v) is 5.51. The summed E-state index contributed by atoms with van der Waals surface area (Å²) in [6.45, 7) is 8.31. The Morgan fingerprint density at radius 3 is 2.74 bits per heavy atom. The van der Waals surface area contributed by atoms with E-state index in [1.807, 2.05) is 6.92 Å². The fraction of sp³-hybridized carbons (Fsp3) is 0.923. The van der Waals surface area contributed by atoms with Crippen LogP contribution in [0.5, 0.6) is 0 Å². The van der Waals surface area contributed by atoms with E-state index in [1.54, 1.807) is 0 Å². The van der Waals surface area contributed by atoms with Crippen LogP contribution in [0.4, 0.5) is 0 Å². The van der Waals surface area contributed by atoms with E-state index in [2.05, 4.69) is 16.8 Å².